The molecule has 6 aliphatic carbocycles. The Morgan fingerprint density at radius 1 is 1.29 bits per heavy atom. The molecule has 0 aromatic carbocycles. The lowest BCUT2D eigenvalue weighted by Crippen LogP contribution is -2.41. The number of hydrogen-bond acceptors (Lipinski definition) is 3. The molecular weight excluding hydrogens is 178 g/mol. The van der Waals surface area contributed by atoms with Gasteiger partial charge in [-0.15, -0.1) is 0 Å². The summed E-state index contributed by atoms with van der Waals surface area (Å²) < 4.78 is 4.99. The van der Waals surface area contributed by atoms with E-state index in [0.29, 0.717) is 23.7 Å². The number of methoxy groups -OCH3 is 1. The predicted molar refractivity (Wildman–Crippen MR) is 46.9 cm³/mol. The van der Waals surface area contributed by atoms with Gasteiger partial charge in [0.2, 0.25) is 0 Å². The van der Waals surface area contributed by atoms with Gasteiger partial charge >= 0.3 is 5.97 Å². The molecule has 0 heterocycles. The van der Waals surface area contributed by atoms with E-state index >= 15 is 0 Å². The minimum atomic E-state index is -0.190. The fourth-order valence-electron chi connectivity index (χ4n) is 6.45. The molecule has 3 nitrogen and oxygen atoms in total. The Balaban J connectivity index is 1.78. The Kier molecular flexibility index (Phi) is 0.668. The molecule has 6 fully saturated rings. The van der Waals surface area contributed by atoms with Crippen molar-refractivity contribution in [1.29, 1.82) is 0 Å². The summed E-state index contributed by atoms with van der Waals surface area (Å²) in [5.74, 6) is 4.23. The first-order valence-electron chi connectivity index (χ1n) is 5.58. The molecule has 0 radical (unpaired) electrons. The summed E-state index contributed by atoms with van der Waals surface area (Å²) in [6.45, 7) is 0. The average Bonchev–Trinajstić information content (AvgIpc) is 2.89. The molecule has 6 saturated carbocycles. The molecule has 0 amide bonds. The molecule has 3 heteroatoms. The fourth-order valence-corrected chi connectivity index (χ4v) is 6.45. The van der Waals surface area contributed by atoms with Gasteiger partial charge in [0.25, 0.3) is 0 Å². The summed E-state index contributed by atoms with van der Waals surface area (Å²) in [4.78, 5) is 11.9. The maximum atomic E-state index is 11.9. The van der Waals surface area contributed by atoms with Crippen LogP contribution in [-0.4, -0.2) is 18.6 Å². The van der Waals surface area contributed by atoms with E-state index in [1.54, 1.807) is 0 Å². The SMILES string of the molecule is COC(=O)C12[C@@H]3[C@H]4C[C@@H]([C@@H]5[C@H]4C51N)[C@@H]32. The lowest BCUT2D eigenvalue weighted by atomic mass is 9.94. The first-order valence-corrected chi connectivity index (χ1v) is 5.58. The molecule has 0 aromatic rings. The average molecular weight is 191 g/mol. The molecule has 2 N–H and O–H groups in total. The predicted octanol–water partition coefficient (Wildman–Crippen LogP) is -0.00140. The third-order valence-electron chi connectivity index (χ3n) is 6.34. The smallest absolute Gasteiger partial charge is 0.314 e. The van der Waals surface area contributed by atoms with E-state index in [4.69, 9.17) is 10.5 Å². The maximum Gasteiger partial charge on any atom is 0.314 e. The monoisotopic (exact) mass is 191 g/mol. The number of carbonyl (C=O) groups is 1. The van der Waals surface area contributed by atoms with E-state index in [1.807, 2.05) is 0 Å². The molecular formula is C11H13NO2. The zero-order chi connectivity index (χ0) is 9.46. The normalized spacial score (nSPS) is 77.9. The Bertz CT molecular complexity index is 378. The highest BCUT2D eigenvalue weighted by molar-refractivity contribution is 5.89. The molecule has 14 heavy (non-hydrogen) atoms. The third kappa shape index (κ3) is 0.300. The number of ether oxygens (including phenoxy) is 1. The Labute approximate surface area is 82.0 Å². The molecule has 6 rings (SSSR count). The van der Waals surface area contributed by atoms with Gasteiger partial charge in [-0.3, -0.25) is 4.79 Å². The quantitative estimate of drug-likeness (QED) is 0.593. The van der Waals surface area contributed by atoms with Crippen LogP contribution in [0.25, 0.3) is 0 Å². The molecule has 0 aromatic heterocycles. The van der Waals surface area contributed by atoms with E-state index in [1.165, 1.54) is 13.5 Å². The zero-order valence-corrected chi connectivity index (χ0v) is 8.07. The van der Waals surface area contributed by atoms with Gasteiger partial charge in [-0.1, -0.05) is 0 Å². The summed E-state index contributed by atoms with van der Waals surface area (Å²) in [7, 11) is 1.51. The Morgan fingerprint density at radius 3 is 2.21 bits per heavy atom. The van der Waals surface area contributed by atoms with Crippen molar-refractivity contribution in [3.05, 3.63) is 0 Å². The molecule has 0 aliphatic heterocycles. The minimum absolute atomic E-state index is 0.00667. The van der Waals surface area contributed by atoms with Crippen molar-refractivity contribution in [2.75, 3.05) is 7.11 Å². The first kappa shape index (κ1) is 6.83. The van der Waals surface area contributed by atoms with Crippen molar-refractivity contribution in [1.82, 2.24) is 0 Å². The highest BCUT2D eigenvalue weighted by Gasteiger charge is 3.06. The fraction of sp³-hybridized carbons (Fsp3) is 0.909. The van der Waals surface area contributed by atoms with Crippen molar-refractivity contribution in [2.24, 2.45) is 46.7 Å². The van der Waals surface area contributed by atoms with Gasteiger partial charge < -0.3 is 10.5 Å². The topological polar surface area (TPSA) is 52.3 Å². The first-order chi connectivity index (χ1) is 6.70. The summed E-state index contributed by atoms with van der Waals surface area (Å²) in [5.41, 5.74) is 6.16. The second-order valence-corrected chi connectivity index (χ2v) is 5.96. The van der Waals surface area contributed by atoms with E-state index in [0.717, 1.165) is 11.8 Å². The van der Waals surface area contributed by atoms with Crippen LogP contribution in [0.1, 0.15) is 6.42 Å². The molecule has 8 atom stereocenters. The van der Waals surface area contributed by atoms with Crippen molar-refractivity contribution < 1.29 is 9.53 Å². The highest BCUT2D eigenvalue weighted by Crippen LogP contribution is 3.00. The highest BCUT2D eigenvalue weighted by atomic mass is 16.5. The van der Waals surface area contributed by atoms with Gasteiger partial charge in [0.15, 0.2) is 0 Å². The van der Waals surface area contributed by atoms with E-state index < -0.39 is 0 Å². The van der Waals surface area contributed by atoms with E-state index in [2.05, 4.69) is 0 Å². The van der Waals surface area contributed by atoms with Crippen molar-refractivity contribution >= 4 is 5.97 Å². The van der Waals surface area contributed by atoms with Crippen LogP contribution in [0.4, 0.5) is 0 Å². The number of nitrogens with two attached hydrogens (primary N) is 1. The number of hydrogen-bond donors (Lipinski definition) is 1. The second kappa shape index (κ2) is 1.37. The summed E-state index contributed by atoms with van der Waals surface area (Å²) in [6.07, 6.45) is 1.36. The van der Waals surface area contributed by atoms with Crippen LogP contribution in [0.3, 0.4) is 0 Å². The molecule has 2 bridgehead atoms. The minimum Gasteiger partial charge on any atom is -0.469 e. The van der Waals surface area contributed by atoms with Gasteiger partial charge in [-0.2, -0.15) is 0 Å². The Morgan fingerprint density at radius 2 is 1.86 bits per heavy atom. The van der Waals surface area contributed by atoms with Gasteiger partial charge in [0.1, 0.15) is 0 Å². The van der Waals surface area contributed by atoms with E-state index in [-0.39, 0.29) is 16.9 Å². The molecule has 6 aliphatic rings. The van der Waals surface area contributed by atoms with E-state index in [9.17, 15) is 4.79 Å². The molecule has 2 unspecified atom stereocenters. The lowest BCUT2D eigenvalue weighted by molar-refractivity contribution is -0.149. The van der Waals surface area contributed by atoms with Gasteiger partial charge in [-0.25, -0.2) is 0 Å². The van der Waals surface area contributed by atoms with Crippen molar-refractivity contribution in [3.63, 3.8) is 0 Å². The summed E-state index contributed by atoms with van der Waals surface area (Å²) in [5, 5.41) is 0. The van der Waals surface area contributed by atoms with Crippen LogP contribution >= 0.6 is 0 Å². The second-order valence-electron chi connectivity index (χ2n) is 5.96. The number of carbonyl (C=O) groups excluding carboxylic acids is 1. The van der Waals surface area contributed by atoms with Crippen molar-refractivity contribution in [2.45, 2.75) is 12.0 Å². The zero-order valence-electron chi connectivity index (χ0n) is 8.07. The van der Waals surface area contributed by atoms with Crippen LogP contribution < -0.4 is 5.73 Å². The van der Waals surface area contributed by atoms with Crippen LogP contribution in [-0.2, 0) is 9.53 Å². The molecule has 74 valence electrons. The summed E-state index contributed by atoms with van der Waals surface area (Å²) in [6, 6.07) is 0. The lowest BCUT2D eigenvalue weighted by Gasteiger charge is -2.18. The van der Waals surface area contributed by atoms with Crippen LogP contribution in [0.15, 0.2) is 0 Å². The molecule has 0 spiro atoms. The summed E-state index contributed by atoms with van der Waals surface area (Å²) >= 11 is 0. The standard InChI is InChI=1S/C11H13NO2/c1-14-9(13)10-5-3-2-4(6(5)10)8-7(3)11(8,10)12/h3-8H,2,12H2,1H3/t3-,4-,5-,6+,7+,8-,10?,11?/m1/s1. The van der Waals surface area contributed by atoms with Crippen LogP contribution in [0.5, 0.6) is 0 Å². The Hall–Kier alpha value is -0.570. The van der Waals surface area contributed by atoms with Gasteiger partial charge in [0.05, 0.1) is 12.5 Å². The number of esters is 1. The van der Waals surface area contributed by atoms with Gasteiger partial charge in [-0.05, 0) is 41.9 Å². The largest absolute Gasteiger partial charge is 0.469 e. The van der Waals surface area contributed by atoms with Crippen molar-refractivity contribution in [3.8, 4) is 0 Å². The number of rotatable bonds is 1. The van der Waals surface area contributed by atoms with Crippen LogP contribution in [0.2, 0.25) is 0 Å². The third-order valence-corrected chi connectivity index (χ3v) is 6.34. The molecule has 0 saturated heterocycles. The van der Waals surface area contributed by atoms with Crippen LogP contribution in [0, 0.1) is 40.9 Å². The maximum absolute atomic E-state index is 11.9. The van der Waals surface area contributed by atoms with Gasteiger partial charge in [0, 0.05) is 5.54 Å².